The first-order valence-electron chi connectivity index (χ1n) is 7.26. The van der Waals surface area contributed by atoms with Crippen LogP contribution in [-0.4, -0.2) is 36.1 Å². The van der Waals surface area contributed by atoms with Crippen molar-refractivity contribution >= 4 is 11.9 Å². The van der Waals surface area contributed by atoms with Crippen LogP contribution in [0.2, 0.25) is 0 Å². The van der Waals surface area contributed by atoms with Crippen LogP contribution in [-0.2, 0) is 9.59 Å². The largest absolute Gasteiger partial charge is 0.481 e. The third-order valence-electron chi connectivity index (χ3n) is 4.56. The number of hydrogen-bond donors (Lipinski definition) is 3. The number of amides is 1. The van der Waals surface area contributed by atoms with Gasteiger partial charge in [0.25, 0.3) is 0 Å². The molecular formula is C14H24N2O3. The predicted molar refractivity (Wildman–Crippen MR) is 71.7 cm³/mol. The standard InChI is InChI=1S/C14H24N2O3/c1-14(7-2-8-15-9-14)13(19)16-11-5-3-10(4-6-11)12(17)18/h10-11,15H,2-9H2,1H3,(H,16,19)(H,17,18). The summed E-state index contributed by atoms with van der Waals surface area (Å²) in [4.78, 5) is 23.2. The Hall–Kier alpha value is -1.10. The molecule has 2 rings (SSSR count). The molecule has 5 heteroatoms. The minimum atomic E-state index is -0.701. The van der Waals surface area contributed by atoms with E-state index in [0.717, 1.165) is 38.8 Å². The third-order valence-corrected chi connectivity index (χ3v) is 4.56. The Morgan fingerprint density at radius 3 is 2.47 bits per heavy atom. The molecule has 1 heterocycles. The summed E-state index contributed by atoms with van der Waals surface area (Å²) < 4.78 is 0. The van der Waals surface area contributed by atoms with Crippen molar-refractivity contribution in [3.8, 4) is 0 Å². The van der Waals surface area contributed by atoms with Crippen LogP contribution in [0.5, 0.6) is 0 Å². The Kier molecular flexibility index (Phi) is 4.45. The van der Waals surface area contributed by atoms with Gasteiger partial charge < -0.3 is 15.7 Å². The van der Waals surface area contributed by atoms with Crippen molar-refractivity contribution in [1.29, 1.82) is 0 Å². The van der Waals surface area contributed by atoms with Gasteiger partial charge in [0.2, 0.25) is 5.91 Å². The first kappa shape index (κ1) is 14.3. The van der Waals surface area contributed by atoms with Gasteiger partial charge in [0.1, 0.15) is 0 Å². The van der Waals surface area contributed by atoms with Gasteiger partial charge in [-0.25, -0.2) is 0 Å². The molecule has 0 spiro atoms. The summed E-state index contributed by atoms with van der Waals surface area (Å²) in [7, 11) is 0. The fraction of sp³-hybridized carbons (Fsp3) is 0.857. The summed E-state index contributed by atoms with van der Waals surface area (Å²) in [6.45, 7) is 3.74. The van der Waals surface area contributed by atoms with Crippen molar-refractivity contribution in [1.82, 2.24) is 10.6 Å². The quantitative estimate of drug-likeness (QED) is 0.717. The molecule has 2 fully saturated rings. The van der Waals surface area contributed by atoms with Crippen LogP contribution in [0.3, 0.4) is 0 Å². The van der Waals surface area contributed by atoms with Crippen LogP contribution in [0.4, 0.5) is 0 Å². The van der Waals surface area contributed by atoms with Gasteiger partial charge >= 0.3 is 5.97 Å². The van der Waals surface area contributed by atoms with E-state index in [4.69, 9.17) is 5.11 Å². The van der Waals surface area contributed by atoms with Gasteiger partial charge in [-0.15, -0.1) is 0 Å². The second-order valence-electron chi connectivity index (χ2n) is 6.20. The minimum Gasteiger partial charge on any atom is -0.481 e. The van der Waals surface area contributed by atoms with E-state index < -0.39 is 5.97 Å². The number of hydrogen-bond acceptors (Lipinski definition) is 3. The highest BCUT2D eigenvalue weighted by atomic mass is 16.4. The zero-order valence-electron chi connectivity index (χ0n) is 11.6. The van der Waals surface area contributed by atoms with Crippen molar-refractivity contribution in [3.63, 3.8) is 0 Å². The average Bonchev–Trinajstić information content (AvgIpc) is 2.40. The fourth-order valence-corrected chi connectivity index (χ4v) is 3.09. The summed E-state index contributed by atoms with van der Waals surface area (Å²) in [6, 6.07) is 0.154. The molecule has 1 amide bonds. The zero-order chi connectivity index (χ0) is 13.9. The first-order chi connectivity index (χ1) is 9.01. The highest BCUT2D eigenvalue weighted by Gasteiger charge is 2.36. The Morgan fingerprint density at radius 2 is 1.95 bits per heavy atom. The van der Waals surface area contributed by atoms with Gasteiger partial charge in [0.15, 0.2) is 0 Å². The molecule has 0 aromatic heterocycles. The van der Waals surface area contributed by atoms with E-state index in [2.05, 4.69) is 10.6 Å². The number of rotatable bonds is 3. The predicted octanol–water partition coefficient (Wildman–Crippen LogP) is 1.14. The summed E-state index contributed by atoms with van der Waals surface area (Å²) in [5, 5.41) is 15.3. The number of carbonyl (C=O) groups is 2. The molecule has 3 N–H and O–H groups in total. The third kappa shape index (κ3) is 3.47. The van der Waals surface area contributed by atoms with E-state index in [1.54, 1.807) is 0 Å². The maximum absolute atomic E-state index is 12.3. The molecule has 1 saturated heterocycles. The number of carboxylic acid groups (broad SMARTS) is 1. The van der Waals surface area contributed by atoms with Gasteiger partial charge in [-0.2, -0.15) is 0 Å². The topological polar surface area (TPSA) is 78.4 Å². The molecule has 5 nitrogen and oxygen atoms in total. The maximum atomic E-state index is 12.3. The summed E-state index contributed by atoms with van der Waals surface area (Å²) >= 11 is 0. The van der Waals surface area contributed by atoms with Gasteiger partial charge in [-0.3, -0.25) is 9.59 Å². The monoisotopic (exact) mass is 268 g/mol. The highest BCUT2D eigenvalue weighted by molar-refractivity contribution is 5.83. The first-order valence-corrected chi connectivity index (χ1v) is 7.26. The van der Waals surface area contributed by atoms with E-state index >= 15 is 0 Å². The number of nitrogens with one attached hydrogen (secondary N) is 2. The van der Waals surface area contributed by atoms with Crippen molar-refractivity contribution in [3.05, 3.63) is 0 Å². The lowest BCUT2D eigenvalue weighted by molar-refractivity contribution is -0.142. The highest BCUT2D eigenvalue weighted by Crippen LogP contribution is 2.28. The van der Waals surface area contributed by atoms with Crippen LogP contribution < -0.4 is 10.6 Å². The van der Waals surface area contributed by atoms with E-state index in [1.165, 1.54) is 0 Å². The smallest absolute Gasteiger partial charge is 0.306 e. The van der Waals surface area contributed by atoms with Crippen LogP contribution in [0.25, 0.3) is 0 Å². The molecule has 1 unspecified atom stereocenters. The fourth-order valence-electron chi connectivity index (χ4n) is 3.09. The van der Waals surface area contributed by atoms with Crippen LogP contribution in [0.1, 0.15) is 45.4 Å². The van der Waals surface area contributed by atoms with Gasteiger partial charge in [-0.05, 0) is 52.0 Å². The Labute approximate surface area is 114 Å². The average molecular weight is 268 g/mol. The molecule has 108 valence electrons. The van der Waals surface area contributed by atoms with Crippen LogP contribution in [0, 0.1) is 11.3 Å². The Balaban J connectivity index is 1.82. The lowest BCUT2D eigenvalue weighted by Gasteiger charge is -2.35. The number of piperidine rings is 1. The zero-order valence-corrected chi connectivity index (χ0v) is 11.6. The number of carbonyl (C=O) groups excluding carboxylic acids is 1. The SMILES string of the molecule is CC1(C(=O)NC2CCC(C(=O)O)CC2)CCCNC1. The Bertz CT molecular complexity index is 343. The molecule has 0 radical (unpaired) electrons. The number of carboxylic acids is 1. The van der Waals surface area contributed by atoms with Crippen molar-refractivity contribution in [2.75, 3.05) is 13.1 Å². The summed E-state index contributed by atoms with van der Waals surface area (Å²) in [5.74, 6) is -0.799. The summed E-state index contributed by atoms with van der Waals surface area (Å²) in [5.41, 5.74) is -0.304. The lowest BCUT2D eigenvalue weighted by atomic mass is 9.80. The maximum Gasteiger partial charge on any atom is 0.306 e. The molecule has 0 aromatic carbocycles. The second kappa shape index (κ2) is 5.90. The van der Waals surface area contributed by atoms with Crippen molar-refractivity contribution in [2.45, 2.75) is 51.5 Å². The van der Waals surface area contributed by atoms with E-state index in [9.17, 15) is 9.59 Å². The molecule has 0 aromatic rings. The van der Waals surface area contributed by atoms with Crippen molar-refractivity contribution < 1.29 is 14.7 Å². The van der Waals surface area contributed by atoms with Crippen LogP contribution >= 0.6 is 0 Å². The molecule has 1 aliphatic carbocycles. The summed E-state index contributed by atoms with van der Waals surface area (Å²) in [6.07, 6.45) is 4.88. The van der Waals surface area contributed by atoms with Crippen LogP contribution in [0.15, 0.2) is 0 Å². The molecule has 0 bridgehead atoms. The normalized spacial score (nSPS) is 35.6. The molecular weight excluding hydrogens is 244 g/mol. The Morgan fingerprint density at radius 1 is 1.26 bits per heavy atom. The van der Waals surface area contributed by atoms with E-state index in [0.29, 0.717) is 12.8 Å². The van der Waals surface area contributed by atoms with Gasteiger partial charge in [-0.1, -0.05) is 0 Å². The van der Waals surface area contributed by atoms with Gasteiger partial charge in [0.05, 0.1) is 11.3 Å². The van der Waals surface area contributed by atoms with E-state index in [-0.39, 0.29) is 23.3 Å². The van der Waals surface area contributed by atoms with E-state index in [1.807, 2.05) is 6.92 Å². The van der Waals surface area contributed by atoms with Crippen molar-refractivity contribution in [2.24, 2.45) is 11.3 Å². The van der Waals surface area contributed by atoms with Gasteiger partial charge in [0, 0.05) is 12.6 Å². The molecule has 1 atom stereocenters. The molecule has 2 aliphatic rings. The number of aliphatic carboxylic acids is 1. The molecule has 1 saturated carbocycles. The minimum absolute atomic E-state index is 0.124. The molecule has 19 heavy (non-hydrogen) atoms. The lowest BCUT2D eigenvalue weighted by Crippen LogP contribution is -2.51. The second-order valence-corrected chi connectivity index (χ2v) is 6.20. The molecule has 1 aliphatic heterocycles.